The third-order valence-corrected chi connectivity index (χ3v) is 6.96. The number of carbonyl (C=O) groups excluding carboxylic acids is 2. The number of nitrogens with zero attached hydrogens (tertiary/aromatic N) is 1. The fourth-order valence-corrected chi connectivity index (χ4v) is 4.81. The molecule has 198 valence electrons. The molecule has 0 unspecified atom stereocenters. The van der Waals surface area contributed by atoms with Gasteiger partial charge in [-0.15, -0.1) is 0 Å². The monoisotopic (exact) mass is 528 g/mol. The van der Waals surface area contributed by atoms with E-state index in [0.717, 1.165) is 0 Å². The van der Waals surface area contributed by atoms with Crippen molar-refractivity contribution in [3.8, 4) is 0 Å². The summed E-state index contributed by atoms with van der Waals surface area (Å²) in [5.41, 5.74) is 0.686. The van der Waals surface area contributed by atoms with Crippen molar-refractivity contribution in [1.82, 2.24) is 4.90 Å². The van der Waals surface area contributed by atoms with Gasteiger partial charge in [0.15, 0.2) is 0 Å². The molecule has 0 spiro atoms. The molecule has 0 saturated heterocycles. The number of fused-ring (bicyclic) bond motifs is 1. The Morgan fingerprint density at radius 2 is 1.38 bits per heavy atom. The van der Waals surface area contributed by atoms with E-state index >= 15 is 0 Å². The fraction of sp³-hybridized carbons (Fsp3) is 0.308. The van der Waals surface area contributed by atoms with Crippen LogP contribution in [0.3, 0.4) is 0 Å². The maximum Gasteiger partial charge on any atom is 0.322 e. The summed E-state index contributed by atoms with van der Waals surface area (Å²) < 4.78 is 29.1. The van der Waals surface area contributed by atoms with E-state index in [4.69, 9.17) is 0 Å². The molecule has 0 heterocycles. The highest BCUT2D eigenvalue weighted by atomic mass is 32.2. The molecule has 0 aromatic heterocycles. The Morgan fingerprint density at radius 1 is 0.811 bits per heavy atom. The van der Waals surface area contributed by atoms with E-state index in [1.807, 2.05) is 0 Å². The molecule has 3 aromatic carbocycles. The molecule has 5 N–H and O–H groups in total. The first-order valence-electron chi connectivity index (χ1n) is 11.7. The first kappa shape index (κ1) is 27.9. The molecule has 3 aromatic rings. The third kappa shape index (κ3) is 6.97. The predicted octanol–water partition coefficient (Wildman–Crippen LogP) is 3.44. The van der Waals surface area contributed by atoms with Crippen molar-refractivity contribution in [2.45, 2.75) is 25.7 Å². The van der Waals surface area contributed by atoms with E-state index in [1.165, 1.54) is 11.0 Å². The van der Waals surface area contributed by atoms with Gasteiger partial charge in [0.2, 0.25) is 5.91 Å². The molecular formula is C26H32N4O6S. The summed E-state index contributed by atoms with van der Waals surface area (Å²) in [6.07, 6.45) is 0. The molecule has 10 nitrogen and oxygen atoms in total. The Morgan fingerprint density at radius 3 is 1.97 bits per heavy atom. The number of carbonyl (C=O) groups is 2. The van der Waals surface area contributed by atoms with Crippen LogP contribution in [0.25, 0.3) is 10.8 Å². The zero-order valence-electron chi connectivity index (χ0n) is 21.0. The van der Waals surface area contributed by atoms with Gasteiger partial charge in [0, 0.05) is 40.7 Å². The Kier molecular flexibility index (Phi) is 8.74. The van der Waals surface area contributed by atoms with E-state index in [0.29, 0.717) is 27.8 Å². The first-order valence-corrected chi connectivity index (χ1v) is 13.2. The normalized spacial score (nSPS) is 11.7. The number of aliphatic hydroxyl groups is 2. The van der Waals surface area contributed by atoms with Gasteiger partial charge < -0.3 is 25.7 Å². The van der Waals surface area contributed by atoms with Crippen molar-refractivity contribution in [2.75, 3.05) is 41.7 Å². The van der Waals surface area contributed by atoms with Crippen LogP contribution >= 0.6 is 0 Å². The van der Waals surface area contributed by atoms with Crippen LogP contribution in [-0.4, -0.2) is 61.8 Å². The average Bonchev–Trinajstić information content (AvgIpc) is 2.84. The van der Waals surface area contributed by atoms with Crippen molar-refractivity contribution < 1.29 is 28.2 Å². The molecule has 0 bridgehead atoms. The molecule has 3 rings (SSSR count). The minimum atomic E-state index is -4.00. The quantitative estimate of drug-likeness (QED) is 0.287. The molecular weight excluding hydrogens is 496 g/mol. The number of hydrogen-bond donors (Lipinski definition) is 5. The lowest BCUT2D eigenvalue weighted by Gasteiger charge is -2.22. The zero-order valence-corrected chi connectivity index (χ0v) is 21.8. The third-order valence-electron chi connectivity index (χ3n) is 5.52. The van der Waals surface area contributed by atoms with Crippen LogP contribution in [0.1, 0.15) is 20.8 Å². The number of hydrogen-bond acceptors (Lipinski definition) is 6. The largest absolute Gasteiger partial charge is 0.395 e. The summed E-state index contributed by atoms with van der Waals surface area (Å²) in [4.78, 5) is 26.1. The lowest BCUT2D eigenvalue weighted by atomic mass is 9.95. The summed E-state index contributed by atoms with van der Waals surface area (Å²) in [6, 6.07) is 15.5. The Labute approximate surface area is 216 Å². The van der Waals surface area contributed by atoms with Crippen molar-refractivity contribution in [3.63, 3.8) is 0 Å². The van der Waals surface area contributed by atoms with Crippen molar-refractivity contribution in [3.05, 3.63) is 60.7 Å². The van der Waals surface area contributed by atoms with Gasteiger partial charge >= 0.3 is 6.03 Å². The molecule has 37 heavy (non-hydrogen) atoms. The molecule has 11 heteroatoms. The van der Waals surface area contributed by atoms with Crippen LogP contribution in [0, 0.1) is 5.41 Å². The number of benzene rings is 3. The Balaban J connectivity index is 1.85. The number of urea groups is 1. The number of aliphatic hydroxyl groups excluding tert-OH is 2. The van der Waals surface area contributed by atoms with E-state index in [1.54, 1.807) is 75.4 Å². The van der Waals surface area contributed by atoms with E-state index in [-0.39, 0.29) is 37.1 Å². The Bertz CT molecular complexity index is 1360. The Hall–Kier alpha value is -3.67. The number of anilines is 3. The molecule has 0 aliphatic heterocycles. The standard InChI is InChI=1S/C26H32N4O6S/c1-26(2,3)24(33)27-18-10-12-19(13-11-18)29-37(35,36)23-9-5-6-20-21(23)7-4-8-22(20)28-25(34)30(14-16-31)15-17-32/h4-13,29,31-32H,14-17H2,1-3H3,(H,27,33)(H,28,34). The molecule has 0 fully saturated rings. The van der Waals surface area contributed by atoms with Gasteiger partial charge in [-0.05, 0) is 36.4 Å². The summed E-state index contributed by atoms with van der Waals surface area (Å²) >= 11 is 0. The number of sulfonamides is 1. The highest BCUT2D eigenvalue weighted by Crippen LogP contribution is 2.30. The van der Waals surface area contributed by atoms with Crippen LogP contribution in [0.4, 0.5) is 21.9 Å². The van der Waals surface area contributed by atoms with Gasteiger partial charge in [-0.1, -0.05) is 45.0 Å². The summed E-state index contributed by atoms with van der Waals surface area (Å²) in [6.45, 7) is 4.95. The highest BCUT2D eigenvalue weighted by molar-refractivity contribution is 7.93. The summed E-state index contributed by atoms with van der Waals surface area (Å²) in [5, 5.41) is 24.8. The van der Waals surface area contributed by atoms with Gasteiger partial charge in [-0.2, -0.15) is 0 Å². The minimum Gasteiger partial charge on any atom is -0.395 e. The molecule has 0 radical (unpaired) electrons. The first-order chi connectivity index (χ1) is 17.5. The van der Waals surface area contributed by atoms with Crippen LogP contribution in [0.2, 0.25) is 0 Å². The SMILES string of the molecule is CC(C)(C)C(=O)Nc1ccc(NS(=O)(=O)c2cccc3c(NC(=O)N(CCO)CCO)cccc23)cc1. The van der Waals surface area contributed by atoms with Gasteiger partial charge in [0.25, 0.3) is 10.0 Å². The summed E-state index contributed by atoms with van der Waals surface area (Å²) in [7, 11) is -4.00. The average molecular weight is 529 g/mol. The van der Waals surface area contributed by atoms with Crippen LogP contribution < -0.4 is 15.4 Å². The van der Waals surface area contributed by atoms with Crippen molar-refractivity contribution in [2.24, 2.45) is 5.41 Å². The van der Waals surface area contributed by atoms with Gasteiger partial charge in [0.05, 0.1) is 23.8 Å². The summed E-state index contributed by atoms with van der Waals surface area (Å²) in [5.74, 6) is -0.157. The van der Waals surface area contributed by atoms with Gasteiger partial charge in [0.1, 0.15) is 0 Å². The lowest BCUT2D eigenvalue weighted by molar-refractivity contribution is -0.123. The molecule has 0 atom stereocenters. The maximum atomic E-state index is 13.3. The van der Waals surface area contributed by atoms with E-state index < -0.39 is 21.5 Å². The van der Waals surface area contributed by atoms with Gasteiger partial charge in [-0.25, -0.2) is 13.2 Å². The molecule has 0 aliphatic rings. The van der Waals surface area contributed by atoms with Crippen LogP contribution in [0.15, 0.2) is 65.6 Å². The lowest BCUT2D eigenvalue weighted by Crippen LogP contribution is -2.39. The number of amides is 3. The van der Waals surface area contributed by atoms with Crippen molar-refractivity contribution >= 4 is 49.8 Å². The molecule has 0 aliphatic carbocycles. The minimum absolute atomic E-state index is 0.0220. The van der Waals surface area contributed by atoms with E-state index in [9.17, 15) is 28.2 Å². The van der Waals surface area contributed by atoms with Crippen LogP contribution in [0.5, 0.6) is 0 Å². The van der Waals surface area contributed by atoms with Crippen molar-refractivity contribution in [1.29, 1.82) is 0 Å². The van der Waals surface area contributed by atoms with Gasteiger partial charge in [-0.3, -0.25) is 9.52 Å². The molecule has 3 amide bonds. The fourth-order valence-electron chi connectivity index (χ4n) is 3.53. The number of rotatable bonds is 9. The highest BCUT2D eigenvalue weighted by Gasteiger charge is 2.22. The molecule has 0 saturated carbocycles. The second-order valence-electron chi connectivity index (χ2n) is 9.41. The zero-order chi connectivity index (χ0) is 27.2. The second kappa shape index (κ2) is 11.6. The smallest absolute Gasteiger partial charge is 0.322 e. The number of nitrogens with one attached hydrogen (secondary N) is 3. The second-order valence-corrected chi connectivity index (χ2v) is 11.1. The topological polar surface area (TPSA) is 148 Å². The van der Waals surface area contributed by atoms with Crippen LogP contribution in [-0.2, 0) is 14.8 Å². The maximum absolute atomic E-state index is 13.3. The van der Waals surface area contributed by atoms with E-state index in [2.05, 4.69) is 15.4 Å². The predicted molar refractivity (Wildman–Crippen MR) is 144 cm³/mol.